The number of anilines is 3. The van der Waals surface area contributed by atoms with Gasteiger partial charge >= 0.3 is 5.97 Å². The van der Waals surface area contributed by atoms with Gasteiger partial charge in [-0.1, -0.05) is 11.3 Å². The van der Waals surface area contributed by atoms with Crippen LogP contribution < -0.4 is 10.2 Å². The molecule has 1 saturated heterocycles. The molecule has 0 atom stereocenters. The Bertz CT molecular complexity index is 804. The average Bonchev–Trinajstić information content (AvgIpc) is 3.09. The number of aryl methyl sites for hydroxylation is 1. The summed E-state index contributed by atoms with van der Waals surface area (Å²) in [6, 6.07) is 1.88. The van der Waals surface area contributed by atoms with Crippen molar-refractivity contribution in [2.45, 2.75) is 19.8 Å². The number of aromatic nitrogens is 3. The van der Waals surface area contributed by atoms with Gasteiger partial charge in [-0.25, -0.2) is 15.0 Å². The van der Waals surface area contributed by atoms with Gasteiger partial charge in [-0.2, -0.15) is 0 Å². The summed E-state index contributed by atoms with van der Waals surface area (Å²) < 4.78 is 0. The van der Waals surface area contributed by atoms with Crippen LogP contribution in [0.4, 0.5) is 16.8 Å². The topological polar surface area (TPSA) is 112 Å². The Labute approximate surface area is 161 Å². The molecule has 144 valence electrons. The fourth-order valence-electron chi connectivity index (χ4n) is 2.94. The molecule has 0 aliphatic carbocycles. The maximum absolute atomic E-state index is 10.8. The normalized spacial score (nSPS) is 14.9. The van der Waals surface area contributed by atoms with E-state index in [0.29, 0.717) is 28.1 Å². The zero-order valence-corrected chi connectivity index (χ0v) is 15.9. The van der Waals surface area contributed by atoms with Crippen molar-refractivity contribution >= 4 is 40.4 Å². The molecule has 1 fully saturated rings. The molecule has 0 saturated carbocycles. The quantitative estimate of drug-likeness (QED) is 0.651. The van der Waals surface area contributed by atoms with Crippen molar-refractivity contribution in [2.75, 3.05) is 42.9 Å². The number of rotatable bonds is 8. The number of hydrogen-bond donors (Lipinski definition) is 2. The number of hydrogen-bond acceptors (Lipinski definition) is 9. The van der Waals surface area contributed by atoms with Crippen LogP contribution in [-0.4, -0.2) is 69.9 Å². The highest BCUT2D eigenvalue weighted by molar-refractivity contribution is 7.17. The molecule has 0 bridgehead atoms. The molecule has 9 nitrogen and oxygen atoms in total. The first kappa shape index (κ1) is 19.2. The number of thiazole rings is 1. The lowest BCUT2D eigenvalue weighted by Crippen LogP contribution is -2.47. The summed E-state index contributed by atoms with van der Waals surface area (Å²) in [5.74, 6) is 1.41. The predicted octanol–water partition coefficient (Wildman–Crippen LogP) is 1.78. The number of aldehydes is 1. The fraction of sp³-hybridized carbons (Fsp3) is 0.471. The molecule has 0 radical (unpaired) electrons. The molecule has 2 N–H and O–H groups in total. The first-order valence-corrected chi connectivity index (χ1v) is 9.58. The Hall–Kier alpha value is -2.59. The zero-order valence-electron chi connectivity index (χ0n) is 15.1. The number of carboxylic acids is 1. The van der Waals surface area contributed by atoms with Gasteiger partial charge in [0.05, 0.1) is 11.1 Å². The van der Waals surface area contributed by atoms with Crippen molar-refractivity contribution in [1.82, 2.24) is 19.9 Å². The monoisotopic (exact) mass is 390 g/mol. The molecular formula is C17H22N6O3S. The second-order valence-corrected chi connectivity index (χ2v) is 7.36. The molecule has 2 aromatic rings. The number of nitrogens with zero attached hydrogens (tertiary/aromatic N) is 5. The van der Waals surface area contributed by atoms with Gasteiger partial charge in [-0.05, 0) is 19.9 Å². The van der Waals surface area contributed by atoms with E-state index in [0.717, 1.165) is 44.8 Å². The Morgan fingerprint density at radius 2 is 2.11 bits per heavy atom. The predicted molar refractivity (Wildman–Crippen MR) is 103 cm³/mol. The number of carbonyl (C=O) groups is 2. The summed E-state index contributed by atoms with van der Waals surface area (Å²) in [5.41, 5.74) is 0. The van der Waals surface area contributed by atoms with Crippen molar-refractivity contribution in [1.29, 1.82) is 0 Å². The summed E-state index contributed by atoms with van der Waals surface area (Å²) in [7, 11) is 0. The van der Waals surface area contributed by atoms with Crippen LogP contribution in [0, 0.1) is 6.92 Å². The van der Waals surface area contributed by atoms with E-state index in [-0.39, 0.29) is 6.42 Å². The van der Waals surface area contributed by atoms with Crippen molar-refractivity contribution in [3.05, 3.63) is 23.0 Å². The highest BCUT2D eigenvalue weighted by Crippen LogP contribution is 2.23. The van der Waals surface area contributed by atoms with Gasteiger partial charge in [-0.3, -0.25) is 14.5 Å². The van der Waals surface area contributed by atoms with E-state index in [9.17, 15) is 9.59 Å². The van der Waals surface area contributed by atoms with E-state index in [1.165, 1.54) is 17.5 Å². The molecule has 1 aliphatic rings. The van der Waals surface area contributed by atoms with Crippen LogP contribution in [0.15, 0.2) is 12.3 Å². The summed E-state index contributed by atoms with van der Waals surface area (Å²) in [6.45, 7) is 6.06. The minimum atomic E-state index is -0.745. The number of aliphatic carboxylic acids is 1. The van der Waals surface area contributed by atoms with Crippen molar-refractivity contribution in [3.8, 4) is 0 Å². The van der Waals surface area contributed by atoms with Crippen LogP contribution in [0.2, 0.25) is 0 Å². The van der Waals surface area contributed by atoms with Gasteiger partial charge in [0.1, 0.15) is 17.5 Å². The van der Waals surface area contributed by atoms with E-state index in [2.05, 4.69) is 30.1 Å². The maximum atomic E-state index is 10.8. The van der Waals surface area contributed by atoms with Gasteiger partial charge in [0.2, 0.25) is 0 Å². The van der Waals surface area contributed by atoms with Crippen LogP contribution in [-0.2, 0) is 4.79 Å². The molecular weight excluding hydrogens is 368 g/mol. The van der Waals surface area contributed by atoms with E-state index in [1.54, 1.807) is 0 Å². The Morgan fingerprint density at radius 1 is 1.33 bits per heavy atom. The smallest absolute Gasteiger partial charge is 0.303 e. The van der Waals surface area contributed by atoms with E-state index >= 15 is 0 Å². The van der Waals surface area contributed by atoms with Crippen LogP contribution in [0.5, 0.6) is 0 Å². The van der Waals surface area contributed by atoms with Crippen molar-refractivity contribution in [3.63, 3.8) is 0 Å². The molecule has 3 rings (SSSR count). The van der Waals surface area contributed by atoms with Crippen LogP contribution in [0.1, 0.15) is 28.3 Å². The highest BCUT2D eigenvalue weighted by Gasteiger charge is 2.19. The first-order valence-electron chi connectivity index (χ1n) is 8.76. The van der Waals surface area contributed by atoms with Crippen molar-refractivity contribution < 1.29 is 14.7 Å². The zero-order chi connectivity index (χ0) is 19.2. The number of piperazine rings is 1. The summed E-state index contributed by atoms with van der Waals surface area (Å²) >= 11 is 1.27. The summed E-state index contributed by atoms with van der Waals surface area (Å²) in [6.07, 6.45) is 3.18. The Morgan fingerprint density at radius 3 is 2.78 bits per heavy atom. The van der Waals surface area contributed by atoms with E-state index < -0.39 is 5.97 Å². The average molecular weight is 390 g/mol. The molecule has 10 heteroatoms. The number of carboxylic acid groups (broad SMARTS) is 1. The molecule has 1 aliphatic heterocycles. The van der Waals surface area contributed by atoms with E-state index in [4.69, 9.17) is 5.11 Å². The SMILES string of the molecule is Cc1nc(Nc2ncc(C=O)s2)cc(N2CCN(CCCC(=O)O)CC2)n1. The Balaban J connectivity index is 1.59. The lowest BCUT2D eigenvalue weighted by Gasteiger charge is -2.35. The van der Waals surface area contributed by atoms with Gasteiger partial charge in [0.15, 0.2) is 11.4 Å². The Kier molecular flexibility index (Phi) is 6.30. The summed E-state index contributed by atoms with van der Waals surface area (Å²) in [5, 5.41) is 12.5. The lowest BCUT2D eigenvalue weighted by molar-refractivity contribution is -0.137. The number of nitrogens with one attached hydrogen (secondary N) is 1. The lowest BCUT2D eigenvalue weighted by atomic mass is 10.2. The number of carbonyl (C=O) groups excluding carboxylic acids is 1. The van der Waals surface area contributed by atoms with Crippen LogP contribution in [0.3, 0.4) is 0 Å². The summed E-state index contributed by atoms with van der Waals surface area (Å²) in [4.78, 5) is 39.5. The second kappa shape index (κ2) is 8.87. The third-order valence-electron chi connectivity index (χ3n) is 4.26. The van der Waals surface area contributed by atoms with Gasteiger partial charge in [-0.15, -0.1) is 0 Å². The molecule has 0 spiro atoms. The van der Waals surface area contributed by atoms with Crippen LogP contribution >= 0.6 is 11.3 Å². The minimum Gasteiger partial charge on any atom is -0.481 e. The van der Waals surface area contributed by atoms with Gasteiger partial charge in [0, 0.05) is 38.7 Å². The van der Waals surface area contributed by atoms with Gasteiger partial charge < -0.3 is 15.3 Å². The molecule has 27 heavy (non-hydrogen) atoms. The van der Waals surface area contributed by atoms with Crippen LogP contribution in [0.25, 0.3) is 0 Å². The van der Waals surface area contributed by atoms with Gasteiger partial charge in [0.25, 0.3) is 0 Å². The molecule has 0 unspecified atom stereocenters. The largest absolute Gasteiger partial charge is 0.481 e. The molecule has 0 amide bonds. The van der Waals surface area contributed by atoms with E-state index in [1.807, 2.05) is 13.0 Å². The third kappa shape index (κ3) is 5.44. The standard InChI is InChI=1S/C17H22N6O3S/c1-12-19-14(21-17-18-10-13(11-24)27-17)9-15(20-12)23-7-5-22(6-8-23)4-2-3-16(25)26/h9-11H,2-8H2,1H3,(H,25,26)(H,18,19,20,21). The fourth-order valence-corrected chi connectivity index (χ4v) is 3.58. The highest BCUT2D eigenvalue weighted by atomic mass is 32.1. The molecule has 2 aromatic heterocycles. The second-order valence-electron chi connectivity index (χ2n) is 6.30. The van der Waals surface area contributed by atoms with Crippen molar-refractivity contribution in [2.24, 2.45) is 0 Å². The maximum Gasteiger partial charge on any atom is 0.303 e. The first-order chi connectivity index (χ1) is 13.0. The third-order valence-corrected chi connectivity index (χ3v) is 5.10. The molecule has 3 heterocycles. The molecule has 0 aromatic carbocycles. The minimum absolute atomic E-state index is 0.211.